The molecule has 5 heteroatoms. The number of carbonyl (C=O) groups excluding carboxylic acids is 1. The van der Waals surface area contributed by atoms with Gasteiger partial charge in [0.2, 0.25) is 5.91 Å². The van der Waals surface area contributed by atoms with Crippen LogP contribution in [0.1, 0.15) is 12.8 Å². The number of nitrogens with one attached hydrogen (secondary N) is 1. The van der Waals surface area contributed by atoms with Gasteiger partial charge in [-0.25, -0.2) is 0 Å². The first-order valence-corrected chi connectivity index (χ1v) is 4.92. The lowest BCUT2D eigenvalue weighted by Gasteiger charge is -2.34. The molecule has 0 aliphatic carbocycles. The Labute approximate surface area is 82.1 Å². The largest absolute Gasteiger partial charge is 0.480 e. The summed E-state index contributed by atoms with van der Waals surface area (Å²) < 4.78 is 0. The van der Waals surface area contributed by atoms with Gasteiger partial charge in [0.15, 0.2) is 0 Å². The van der Waals surface area contributed by atoms with Crippen LogP contribution < -0.4 is 5.32 Å². The number of nitrogens with zero attached hydrogens (tertiary/aromatic N) is 1. The van der Waals surface area contributed by atoms with Crippen molar-refractivity contribution in [3.63, 3.8) is 0 Å². The van der Waals surface area contributed by atoms with Gasteiger partial charge in [0.25, 0.3) is 0 Å². The average molecular weight is 198 g/mol. The van der Waals surface area contributed by atoms with Crippen molar-refractivity contribution in [3.8, 4) is 0 Å². The Bertz CT molecular complexity index is 267. The van der Waals surface area contributed by atoms with Gasteiger partial charge in [-0.15, -0.1) is 0 Å². The molecule has 2 aliphatic heterocycles. The highest BCUT2D eigenvalue weighted by Gasteiger charge is 2.40. The van der Waals surface area contributed by atoms with Gasteiger partial charge in [-0.3, -0.25) is 14.5 Å². The summed E-state index contributed by atoms with van der Waals surface area (Å²) in [6.07, 6.45) is 1.81. The van der Waals surface area contributed by atoms with E-state index in [0.29, 0.717) is 6.54 Å². The van der Waals surface area contributed by atoms with Gasteiger partial charge in [0.05, 0.1) is 12.5 Å². The van der Waals surface area contributed by atoms with Crippen LogP contribution in [-0.2, 0) is 9.59 Å². The van der Waals surface area contributed by atoms with Crippen molar-refractivity contribution >= 4 is 11.9 Å². The molecule has 2 unspecified atom stereocenters. The van der Waals surface area contributed by atoms with E-state index in [2.05, 4.69) is 5.32 Å². The lowest BCUT2D eigenvalue weighted by Crippen LogP contribution is -2.47. The van der Waals surface area contributed by atoms with Crippen LogP contribution in [0.5, 0.6) is 0 Å². The predicted octanol–water partition coefficient (Wildman–Crippen LogP) is -0.719. The molecular weight excluding hydrogens is 184 g/mol. The number of rotatable bonds is 2. The second-order valence-corrected chi connectivity index (χ2v) is 3.93. The fraction of sp³-hybridized carbons (Fsp3) is 0.778. The molecule has 0 aromatic rings. The zero-order chi connectivity index (χ0) is 10.1. The lowest BCUT2D eigenvalue weighted by molar-refractivity contribution is -0.140. The average Bonchev–Trinajstić information content (AvgIpc) is 2.49. The van der Waals surface area contributed by atoms with Crippen molar-refractivity contribution in [2.24, 2.45) is 5.92 Å². The fourth-order valence-electron chi connectivity index (χ4n) is 2.41. The van der Waals surface area contributed by atoms with Gasteiger partial charge in [0.1, 0.15) is 0 Å². The van der Waals surface area contributed by atoms with E-state index in [9.17, 15) is 9.59 Å². The Morgan fingerprint density at radius 3 is 3.14 bits per heavy atom. The van der Waals surface area contributed by atoms with Gasteiger partial charge < -0.3 is 10.4 Å². The summed E-state index contributed by atoms with van der Waals surface area (Å²) in [6.45, 7) is 1.45. The third-order valence-corrected chi connectivity index (χ3v) is 3.05. The maximum absolute atomic E-state index is 11.4. The van der Waals surface area contributed by atoms with Gasteiger partial charge in [0, 0.05) is 12.6 Å². The molecule has 0 aromatic heterocycles. The first-order valence-electron chi connectivity index (χ1n) is 4.92. The monoisotopic (exact) mass is 198 g/mol. The summed E-state index contributed by atoms with van der Waals surface area (Å²) in [6, 6.07) is 0.104. The first kappa shape index (κ1) is 9.45. The number of likely N-dealkylation sites (tertiary alicyclic amines) is 1. The van der Waals surface area contributed by atoms with E-state index < -0.39 is 5.97 Å². The Kier molecular flexibility index (Phi) is 2.41. The smallest absolute Gasteiger partial charge is 0.317 e. The summed E-state index contributed by atoms with van der Waals surface area (Å²) >= 11 is 0. The molecule has 1 amide bonds. The molecule has 2 rings (SSSR count). The number of fused-ring (bicyclic) bond motifs is 1. The molecule has 2 atom stereocenters. The Hall–Kier alpha value is -1.10. The van der Waals surface area contributed by atoms with Gasteiger partial charge in [-0.2, -0.15) is 0 Å². The highest BCUT2D eigenvalue weighted by atomic mass is 16.4. The molecule has 0 aromatic carbocycles. The van der Waals surface area contributed by atoms with Gasteiger partial charge in [-0.1, -0.05) is 0 Å². The minimum Gasteiger partial charge on any atom is -0.480 e. The number of amides is 1. The molecule has 0 bridgehead atoms. The van der Waals surface area contributed by atoms with Gasteiger partial charge in [-0.05, 0) is 19.4 Å². The molecule has 14 heavy (non-hydrogen) atoms. The molecule has 5 nitrogen and oxygen atoms in total. The van der Waals surface area contributed by atoms with E-state index >= 15 is 0 Å². The molecule has 78 valence electrons. The molecule has 2 saturated heterocycles. The van der Waals surface area contributed by atoms with Crippen molar-refractivity contribution in [1.29, 1.82) is 0 Å². The van der Waals surface area contributed by atoms with Crippen LogP contribution in [0.3, 0.4) is 0 Å². The third-order valence-electron chi connectivity index (χ3n) is 3.05. The van der Waals surface area contributed by atoms with Gasteiger partial charge >= 0.3 is 5.97 Å². The van der Waals surface area contributed by atoms with E-state index in [0.717, 1.165) is 19.4 Å². The molecular formula is C9H14N2O3. The molecule has 2 aliphatic rings. The van der Waals surface area contributed by atoms with Crippen molar-refractivity contribution in [3.05, 3.63) is 0 Å². The van der Waals surface area contributed by atoms with E-state index in [-0.39, 0.29) is 24.4 Å². The summed E-state index contributed by atoms with van der Waals surface area (Å²) in [5, 5.41) is 11.5. The Balaban J connectivity index is 2.05. The molecule has 2 N–H and O–H groups in total. The first-order chi connectivity index (χ1) is 6.68. The molecule has 0 spiro atoms. The summed E-state index contributed by atoms with van der Waals surface area (Å²) in [5.41, 5.74) is 0. The van der Waals surface area contributed by atoms with E-state index in [4.69, 9.17) is 5.11 Å². The highest BCUT2D eigenvalue weighted by molar-refractivity contribution is 5.82. The van der Waals surface area contributed by atoms with Crippen LogP contribution in [0.2, 0.25) is 0 Å². The number of piperidine rings is 1. The van der Waals surface area contributed by atoms with Crippen LogP contribution in [0.15, 0.2) is 0 Å². The second-order valence-electron chi connectivity index (χ2n) is 3.93. The Morgan fingerprint density at radius 2 is 2.43 bits per heavy atom. The van der Waals surface area contributed by atoms with Crippen LogP contribution in [0.4, 0.5) is 0 Å². The maximum Gasteiger partial charge on any atom is 0.317 e. The summed E-state index contributed by atoms with van der Waals surface area (Å²) in [4.78, 5) is 23.8. The van der Waals surface area contributed by atoms with E-state index in [1.807, 2.05) is 4.90 Å². The van der Waals surface area contributed by atoms with E-state index in [1.165, 1.54) is 0 Å². The van der Waals surface area contributed by atoms with Crippen molar-refractivity contribution in [2.75, 3.05) is 19.6 Å². The van der Waals surface area contributed by atoms with Crippen LogP contribution in [0, 0.1) is 5.92 Å². The number of hydrogen-bond donors (Lipinski definition) is 2. The van der Waals surface area contributed by atoms with Crippen molar-refractivity contribution in [1.82, 2.24) is 10.2 Å². The third kappa shape index (κ3) is 1.59. The zero-order valence-electron chi connectivity index (χ0n) is 7.90. The molecule has 0 radical (unpaired) electrons. The fourth-order valence-corrected chi connectivity index (χ4v) is 2.41. The number of carboxylic acid groups (broad SMARTS) is 1. The van der Waals surface area contributed by atoms with Crippen molar-refractivity contribution < 1.29 is 14.7 Å². The molecule has 2 fully saturated rings. The highest BCUT2D eigenvalue weighted by Crippen LogP contribution is 2.26. The van der Waals surface area contributed by atoms with Crippen LogP contribution in [-0.4, -0.2) is 47.6 Å². The zero-order valence-corrected chi connectivity index (χ0v) is 7.90. The number of carbonyl (C=O) groups is 2. The minimum atomic E-state index is -0.815. The van der Waals surface area contributed by atoms with Crippen LogP contribution >= 0.6 is 0 Å². The number of hydrogen-bond acceptors (Lipinski definition) is 3. The normalized spacial score (nSPS) is 32.4. The standard InChI is InChI=1S/C9H14N2O3/c12-8(13)5-11-3-1-2-6-7(11)4-10-9(6)14/h6-7H,1-5H2,(H,10,14)(H,12,13). The van der Waals surface area contributed by atoms with E-state index in [1.54, 1.807) is 0 Å². The topological polar surface area (TPSA) is 69.6 Å². The molecule has 0 saturated carbocycles. The number of aliphatic carboxylic acids is 1. The van der Waals surface area contributed by atoms with Crippen molar-refractivity contribution in [2.45, 2.75) is 18.9 Å². The predicted molar refractivity (Wildman–Crippen MR) is 48.7 cm³/mol. The second kappa shape index (κ2) is 3.57. The Morgan fingerprint density at radius 1 is 1.64 bits per heavy atom. The SMILES string of the molecule is O=C(O)CN1CCCC2C(=O)NCC21. The number of carboxylic acids is 1. The minimum absolute atomic E-state index is 0.0168. The summed E-state index contributed by atoms with van der Waals surface area (Å²) in [7, 11) is 0. The maximum atomic E-state index is 11.4. The molecule has 2 heterocycles. The quantitative estimate of drug-likeness (QED) is 0.614. The lowest BCUT2D eigenvalue weighted by atomic mass is 9.91. The summed E-state index contributed by atoms with van der Waals surface area (Å²) in [5.74, 6) is -0.710. The van der Waals surface area contributed by atoms with Crippen LogP contribution in [0.25, 0.3) is 0 Å².